The van der Waals surface area contributed by atoms with Crippen LogP contribution in [-0.4, -0.2) is 0 Å². The fourth-order valence-corrected chi connectivity index (χ4v) is 2.65. The first-order valence-corrected chi connectivity index (χ1v) is 6.96. The lowest BCUT2D eigenvalue weighted by molar-refractivity contribution is 0.311. The van der Waals surface area contributed by atoms with Crippen LogP contribution in [0.4, 0.5) is 0 Å². The summed E-state index contributed by atoms with van der Waals surface area (Å²) in [7, 11) is 0. The Labute approximate surface area is 103 Å². The zero-order chi connectivity index (χ0) is 12.4. The molecule has 0 aromatic carbocycles. The second-order valence-corrected chi connectivity index (χ2v) is 5.05. The Hall–Kier alpha value is -0.520. The van der Waals surface area contributed by atoms with E-state index in [1.807, 2.05) is 6.08 Å². The van der Waals surface area contributed by atoms with Gasteiger partial charge < -0.3 is 0 Å². The number of hydrogen-bond donors (Lipinski definition) is 0. The quantitative estimate of drug-likeness (QED) is 0.337. The molecule has 0 N–H and O–H groups in total. The fraction of sp³-hybridized carbons (Fsp3) is 0.750. The highest BCUT2D eigenvalue weighted by atomic mass is 14.3. The number of allylic oxidation sites excluding steroid dienone is 3. The van der Waals surface area contributed by atoms with E-state index in [0.717, 1.165) is 6.42 Å². The lowest BCUT2D eigenvalue weighted by Crippen LogP contribution is -2.19. The van der Waals surface area contributed by atoms with E-state index in [1.165, 1.54) is 38.5 Å². The standard InChI is InChI=1S/C16H30/c1-6-10-11-14-16(5,13-8-3)15(9-4)12-7-2/h7,12H,2,6,8-11,13-14H2,1,3-5H3. The van der Waals surface area contributed by atoms with Crippen molar-refractivity contribution in [2.24, 2.45) is 5.41 Å². The van der Waals surface area contributed by atoms with Gasteiger partial charge in [-0.25, -0.2) is 0 Å². The maximum absolute atomic E-state index is 3.84. The van der Waals surface area contributed by atoms with Crippen LogP contribution in [0, 0.1) is 5.41 Å². The highest BCUT2D eigenvalue weighted by molar-refractivity contribution is 5.18. The first-order valence-electron chi connectivity index (χ1n) is 6.96. The molecule has 0 heterocycles. The monoisotopic (exact) mass is 222 g/mol. The Morgan fingerprint density at radius 3 is 2.19 bits per heavy atom. The van der Waals surface area contributed by atoms with Crippen molar-refractivity contribution < 1.29 is 0 Å². The minimum atomic E-state index is 0.410. The first-order chi connectivity index (χ1) is 7.64. The van der Waals surface area contributed by atoms with E-state index in [-0.39, 0.29) is 0 Å². The predicted molar refractivity (Wildman–Crippen MR) is 75.7 cm³/mol. The van der Waals surface area contributed by atoms with Crippen LogP contribution in [0.1, 0.15) is 72.6 Å². The van der Waals surface area contributed by atoms with E-state index >= 15 is 0 Å². The summed E-state index contributed by atoms with van der Waals surface area (Å²) in [6, 6.07) is 0. The topological polar surface area (TPSA) is 0 Å². The third kappa shape index (κ3) is 5.01. The predicted octanol–water partition coefficient (Wildman–Crippen LogP) is 5.90. The third-order valence-corrected chi connectivity index (χ3v) is 3.61. The molecule has 0 aromatic rings. The molecule has 94 valence electrons. The van der Waals surface area contributed by atoms with Crippen LogP contribution in [0.5, 0.6) is 0 Å². The van der Waals surface area contributed by atoms with Crippen LogP contribution < -0.4 is 0 Å². The van der Waals surface area contributed by atoms with Gasteiger partial charge in [-0.3, -0.25) is 0 Å². The average molecular weight is 222 g/mol. The Morgan fingerprint density at radius 1 is 1.06 bits per heavy atom. The molecule has 0 radical (unpaired) electrons. The number of unbranched alkanes of at least 4 members (excludes halogenated alkanes) is 2. The molecule has 0 saturated carbocycles. The van der Waals surface area contributed by atoms with E-state index in [9.17, 15) is 0 Å². The maximum Gasteiger partial charge on any atom is -0.0113 e. The molecule has 1 atom stereocenters. The molecule has 0 aliphatic rings. The summed E-state index contributed by atoms with van der Waals surface area (Å²) in [6.45, 7) is 13.1. The Kier molecular flexibility index (Phi) is 8.33. The molecule has 0 saturated heterocycles. The smallest absolute Gasteiger partial charge is 0.0113 e. The van der Waals surface area contributed by atoms with Gasteiger partial charge in [0.25, 0.3) is 0 Å². The van der Waals surface area contributed by atoms with Gasteiger partial charge in [-0.2, -0.15) is 0 Å². The lowest BCUT2D eigenvalue weighted by Gasteiger charge is -2.32. The van der Waals surface area contributed by atoms with Gasteiger partial charge in [0.15, 0.2) is 0 Å². The van der Waals surface area contributed by atoms with Gasteiger partial charge in [-0.05, 0) is 24.7 Å². The van der Waals surface area contributed by atoms with Gasteiger partial charge in [-0.15, -0.1) is 0 Å². The van der Waals surface area contributed by atoms with Gasteiger partial charge in [0.05, 0.1) is 0 Å². The Balaban J connectivity index is 4.63. The van der Waals surface area contributed by atoms with Crippen LogP contribution in [0.25, 0.3) is 0 Å². The fourth-order valence-electron chi connectivity index (χ4n) is 2.65. The summed E-state index contributed by atoms with van der Waals surface area (Å²) >= 11 is 0. The van der Waals surface area contributed by atoms with E-state index in [2.05, 4.69) is 40.3 Å². The Morgan fingerprint density at radius 2 is 1.75 bits per heavy atom. The van der Waals surface area contributed by atoms with Crippen molar-refractivity contribution in [2.75, 3.05) is 0 Å². The summed E-state index contributed by atoms with van der Waals surface area (Å²) in [5.41, 5.74) is 1.99. The summed E-state index contributed by atoms with van der Waals surface area (Å²) in [5.74, 6) is 0. The molecule has 16 heavy (non-hydrogen) atoms. The molecular formula is C16H30. The molecule has 1 unspecified atom stereocenters. The zero-order valence-corrected chi connectivity index (χ0v) is 11.8. The third-order valence-electron chi connectivity index (χ3n) is 3.61. The maximum atomic E-state index is 3.84. The number of rotatable bonds is 9. The summed E-state index contributed by atoms with van der Waals surface area (Å²) in [6.07, 6.45) is 13.3. The minimum absolute atomic E-state index is 0.410. The molecule has 0 fully saturated rings. The normalized spacial score (nSPS) is 15.9. The molecule has 0 amide bonds. The molecule has 0 aliphatic heterocycles. The van der Waals surface area contributed by atoms with Crippen molar-refractivity contribution in [1.82, 2.24) is 0 Å². The summed E-state index contributed by atoms with van der Waals surface area (Å²) in [5, 5.41) is 0. The van der Waals surface area contributed by atoms with Crippen molar-refractivity contribution >= 4 is 0 Å². The average Bonchev–Trinajstić information content (AvgIpc) is 2.26. The molecular weight excluding hydrogens is 192 g/mol. The summed E-state index contributed by atoms with van der Waals surface area (Å²) in [4.78, 5) is 0. The SMILES string of the molecule is C=CC=C(CC)C(C)(CCC)CCCCC. The van der Waals surface area contributed by atoms with E-state index in [4.69, 9.17) is 0 Å². The van der Waals surface area contributed by atoms with Gasteiger partial charge in [-0.1, -0.05) is 77.7 Å². The molecule has 0 spiro atoms. The highest BCUT2D eigenvalue weighted by Crippen LogP contribution is 2.39. The van der Waals surface area contributed by atoms with Crippen molar-refractivity contribution in [3.8, 4) is 0 Å². The number of hydrogen-bond acceptors (Lipinski definition) is 0. The van der Waals surface area contributed by atoms with Gasteiger partial charge >= 0.3 is 0 Å². The lowest BCUT2D eigenvalue weighted by atomic mass is 9.73. The van der Waals surface area contributed by atoms with Crippen LogP contribution in [0.2, 0.25) is 0 Å². The Bertz CT molecular complexity index is 212. The van der Waals surface area contributed by atoms with Gasteiger partial charge in [0.2, 0.25) is 0 Å². The second-order valence-electron chi connectivity index (χ2n) is 5.05. The zero-order valence-electron chi connectivity index (χ0n) is 11.8. The van der Waals surface area contributed by atoms with Crippen LogP contribution in [-0.2, 0) is 0 Å². The van der Waals surface area contributed by atoms with E-state index in [0.29, 0.717) is 5.41 Å². The minimum Gasteiger partial charge on any atom is -0.0991 e. The van der Waals surface area contributed by atoms with Gasteiger partial charge in [0, 0.05) is 0 Å². The largest absolute Gasteiger partial charge is 0.0991 e. The molecule has 0 heteroatoms. The molecule has 0 rings (SSSR count). The second kappa shape index (κ2) is 8.61. The van der Waals surface area contributed by atoms with Crippen molar-refractivity contribution in [1.29, 1.82) is 0 Å². The highest BCUT2D eigenvalue weighted by Gasteiger charge is 2.25. The van der Waals surface area contributed by atoms with Crippen molar-refractivity contribution in [3.63, 3.8) is 0 Å². The molecule has 0 aliphatic carbocycles. The summed E-state index contributed by atoms with van der Waals surface area (Å²) < 4.78 is 0. The van der Waals surface area contributed by atoms with Crippen LogP contribution >= 0.6 is 0 Å². The van der Waals surface area contributed by atoms with Crippen LogP contribution in [0.3, 0.4) is 0 Å². The molecule has 0 bridgehead atoms. The van der Waals surface area contributed by atoms with Gasteiger partial charge in [0.1, 0.15) is 0 Å². The van der Waals surface area contributed by atoms with Crippen molar-refractivity contribution in [2.45, 2.75) is 72.6 Å². The van der Waals surface area contributed by atoms with Crippen LogP contribution in [0.15, 0.2) is 24.3 Å². The van der Waals surface area contributed by atoms with Crippen molar-refractivity contribution in [3.05, 3.63) is 24.3 Å². The first kappa shape index (κ1) is 15.5. The molecule has 0 aromatic heterocycles. The van der Waals surface area contributed by atoms with E-state index < -0.39 is 0 Å². The van der Waals surface area contributed by atoms with E-state index in [1.54, 1.807) is 5.57 Å². The molecule has 0 nitrogen and oxygen atoms in total.